The van der Waals surface area contributed by atoms with Crippen LogP contribution in [0.2, 0.25) is 5.02 Å². The molecule has 2 aromatic heterocycles. The molecule has 5 rings (SSSR count). The van der Waals surface area contributed by atoms with Crippen molar-refractivity contribution in [3.8, 4) is 11.4 Å². The average molecular weight is 566 g/mol. The summed E-state index contributed by atoms with van der Waals surface area (Å²) >= 11 is 9.79. The minimum atomic E-state index is -0.194. The fourth-order valence-corrected chi connectivity index (χ4v) is 5.41. The zero-order valence-corrected chi connectivity index (χ0v) is 22.7. The lowest BCUT2D eigenvalue weighted by Gasteiger charge is -2.18. The summed E-state index contributed by atoms with van der Waals surface area (Å²) in [6.45, 7) is 4.19. The molecule has 1 aliphatic rings. The van der Waals surface area contributed by atoms with E-state index < -0.39 is 0 Å². The highest BCUT2D eigenvalue weighted by Gasteiger charge is 2.29. The number of rotatable bonds is 6. The normalized spacial score (nSPS) is 12.1. The molecule has 4 aromatic rings. The molecular weight excluding hydrogens is 540 g/mol. The van der Waals surface area contributed by atoms with E-state index in [2.05, 4.69) is 62.6 Å². The number of fused-ring (bicyclic) bond motifs is 3. The van der Waals surface area contributed by atoms with Gasteiger partial charge in [0.1, 0.15) is 0 Å². The fraction of sp³-hybridized carbons (Fsp3) is 0.259. The molecule has 184 valence electrons. The largest absolute Gasteiger partial charge is 0.323 e. The van der Waals surface area contributed by atoms with Gasteiger partial charge in [0.25, 0.3) is 5.91 Å². The zero-order valence-electron chi connectivity index (χ0n) is 20.3. The standard InChI is InChI=1S/C27H26BrClN6O/c1-4-15-7-6-8-16(5-2)22(15)32-26(36)24-19-11-9-17-14-30-27(33-23(17)25(19)35(3)34-24)31-21-12-10-18(28)13-20(21)29/h6-8,10,12-14H,4-5,9,11H2,1-3H3,(H,32,36)(H,30,31,33). The molecule has 0 fully saturated rings. The Balaban J connectivity index is 1.49. The molecule has 0 saturated heterocycles. The van der Waals surface area contributed by atoms with E-state index in [1.54, 1.807) is 4.68 Å². The van der Waals surface area contributed by atoms with Gasteiger partial charge in [0.05, 0.1) is 22.1 Å². The van der Waals surface area contributed by atoms with E-state index in [1.165, 1.54) is 0 Å². The summed E-state index contributed by atoms with van der Waals surface area (Å²) in [6, 6.07) is 11.7. The second-order valence-electron chi connectivity index (χ2n) is 8.73. The van der Waals surface area contributed by atoms with Crippen LogP contribution in [-0.2, 0) is 32.7 Å². The number of nitrogens with one attached hydrogen (secondary N) is 2. The maximum Gasteiger partial charge on any atom is 0.276 e. The molecule has 2 aromatic carbocycles. The van der Waals surface area contributed by atoms with Crippen molar-refractivity contribution in [2.45, 2.75) is 39.5 Å². The predicted molar refractivity (Wildman–Crippen MR) is 147 cm³/mol. The zero-order chi connectivity index (χ0) is 25.4. The number of aromatic nitrogens is 4. The molecule has 0 saturated carbocycles. The number of aryl methyl sites for hydroxylation is 4. The van der Waals surface area contributed by atoms with Crippen LogP contribution in [0.4, 0.5) is 17.3 Å². The van der Waals surface area contributed by atoms with E-state index in [1.807, 2.05) is 37.5 Å². The lowest BCUT2D eigenvalue weighted by Crippen LogP contribution is -2.18. The van der Waals surface area contributed by atoms with E-state index in [9.17, 15) is 4.79 Å². The molecule has 1 aliphatic carbocycles. The monoisotopic (exact) mass is 564 g/mol. The molecule has 0 radical (unpaired) electrons. The third kappa shape index (κ3) is 4.51. The van der Waals surface area contributed by atoms with Crippen molar-refractivity contribution in [2.75, 3.05) is 10.6 Å². The van der Waals surface area contributed by atoms with E-state index >= 15 is 0 Å². The van der Waals surface area contributed by atoms with Gasteiger partial charge >= 0.3 is 0 Å². The first-order chi connectivity index (χ1) is 17.4. The molecule has 36 heavy (non-hydrogen) atoms. The third-order valence-corrected chi connectivity index (χ3v) is 7.31. The van der Waals surface area contributed by atoms with Crippen molar-refractivity contribution in [1.29, 1.82) is 0 Å². The molecule has 7 nitrogen and oxygen atoms in total. The number of hydrogen-bond donors (Lipinski definition) is 2. The van der Waals surface area contributed by atoms with Gasteiger partial charge in [-0.05, 0) is 60.6 Å². The number of anilines is 3. The van der Waals surface area contributed by atoms with Gasteiger partial charge in [0, 0.05) is 29.0 Å². The SMILES string of the molecule is CCc1cccc(CC)c1NC(=O)c1nn(C)c2c1CCc1cnc(Nc3ccc(Br)cc3Cl)nc1-2. The fourth-order valence-electron chi connectivity index (χ4n) is 4.69. The van der Waals surface area contributed by atoms with E-state index in [4.69, 9.17) is 16.6 Å². The van der Waals surface area contributed by atoms with Crippen LogP contribution >= 0.6 is 27.5 Å². The first kappa shape index (κ1) is 24.5. The van der Waals surface area contributed by atoms with Crippen LogP contribution < -0.4 is 10.6 Å². The Labute approximate surface area is 223 Å². The molecule has 0 atom stereocenters. The van der Waals surface area contributed by atoms with Crippen LogP contribution in [0.5, 0.6) is 0 Å². The molecule has 0 bridgehead atoms. The van der Waals surface area contributed by atoms with Gasteiger partial charge < -0.3 is 10.6 Å². The maximum atomic E-state index is 13.5. The van der Waals surface area contributed by atoms with Crippen LogP contribution in [0.3, 0.4) is 0 Å². The number of carbonyl (C=O) groups excluding carboxylic acids is 1. The molecule has 2 N–H and O–H groups in total. The predicted octanol–water partition coefficient (Wildman–Crippen LogP) is 6.51. The molecule has 0 unspecified atom stereocenters. The minimum Gasteiger partial charge on any atom is -0.323 e. The number of nitrogens with zero attached hydrogens (tertiary/aromatic N) is 4. The van der Waals surface area contributed by atoms with E-state index in [0.717, 1.165) is 63.1 Å². The number of benzene rings is 2. The summed E-state index contributed by atoms with van der Waals surface area (Å²) in [4.78, 5) is 22.8. The Morgan fingerprint density at radius 3 is 2.58 bits per heavy atom. The summed E-state index contributed by atoms with van der Waals surface area (Å²) in [5.41, 5.74) is 7.82. The van der Waals surface area contributed by atoms with Crippen molar-refractivity contribution >= 4 is 50.8 Å². The Hall–Kier alpha value is -3.23. The summed E-state index contributed by atoms with van der Waals surface area (Å²) < 4.78 is 2.64. The van der Waals surface area contributed by atoms with Crippen molar-refractivity contribution in [3.63, 3.8) is 0 Å². The van der Waals surface area contributed by atoms with Gasteiger partial charge in [-0.3, -0.25) is 9.48 Å². The molecule has 1 amide bonds. The topological polar surface area (TPSA) is 84.7 Å². The summed E-state index contributed by atoms with van der Waals surface area (Å²) in [5, 5.41) is 11.6. The Morgan fingerprint density at radius 2 is 1.89 bits per heavy atom. The van der Waals surface area contributed by atoms with Crippen LogP contribution in [0, 0.1) is 0 Å². The van der Waals surface area contributed by atoms with Gasteiger partial charge in [-0.2, -0.15) is 5.10 Å². The summed E-state index contributed by atoms with van der Waals surface area (Å²) in [5.74, 6) is 0.238. The second kappa shape index (κ2) is 10.0. The van der Waals surface area contributed by atoms with Gasteiger partial charge in [0.15, 0.2) is 5.69 Å². The second-order valence-corrected chi connectivity index (χ2v) is 10.1. The molecule has 9 heteroatoms. The Bertz CT molecular complexity index is 1460. The smallest absolute Gasteiger partial charge is 0.276 e. The van der Waals surface area contributed by atoms with Crippen molar-refractivity contribution in [2.24, 2.45) is 7.05 Å². The first-order valence-electron chi connectivity index (χ1n) is 12.0. The lowest BCUT2D eigenvalue weighted by atomic mass is 9.93. The highest BCUT2D eigenvalue weighted by atomic mass is 79.9. The summed E-state index contributed by atoms with van der Waals surface area (Å²) in [7, 11) is 1.85. The molecule has 0 spiro atoms. The van der Waals surface area contributed by atoms with Gasteiger partial charge in [-0.1, -0.05) is 59.6 Å². The van der Waals surface area contributed by atoms with Crippen LogP contribution in [0.25, 0.3) is 11.4 Å². The number of carbonyl (C=O) groups is 1. The maximum absolute atomic E-state index is 13.5. The first-order valence-corrected chi connectivity index (χ1v) is 13.1. The van der Waals surface area contributed by atoms with Crippen LogP contribution in [0.1, 0.15) is 46.6 Å². The Kier molecular flexibility index (Phi) is 6.81. The quantitative estimate of drug-likeness (QED) is 0.278. The lowest BCUT2D eigenvalue weighted by molar-refractivity contribution is 0.102. The van der Waals surface area contributed by atoms with Gasteiger partial charge in [-0.15, -0.1) is 0 Å². The number of para-hydroxylation sites is 1. The highest BCUT2D eigenvalue weighted by molar-refractivity contribution is 9.10. The highest BCUT2D eigenvalue weighted by Crippen LogP contribution is 2.35. The van der Waals surface area contributed by atoms with Crippen LogP contribution in [0.15, 0.2) is 47.1 Å². The average Bonchev–Trinajstić information content (AvgIpc) is 3.22. The summed E-state index contributed by atoms with van der Waals surface area (Å²) in [6.07, 6.45) is 4.94. The van der Waals surface area contributed by atoms with Gasteiger partial charge in [0.2, 0.25) is 5.95 Å². The van der Waals surface area contributed by atoms with Gasteiger partial charge in [-0.25, -0.2) is 9.97 Å². The number of hydrogen-bond acceptors (Lipinski definition) is 5. The van der Waals surface area contributed by atoms with E-state index in [0.29, 0.717) is 28.8 Å². The van der Waals surface area contributed by atoms with Crippen molar-refractivity contribution < 1.29 is 4.79 Å². The van der Waals surface area contributed by atoms with Crippen molar-refractivity contribution in [3.05, 3.63) is 80.0 Å². The Morgan fingerprint density at radius 1 is 1.14 bits per heavy atom. The van der Waals surface area contributed by atoms with Crippen LogP contribution in [-0.4, -0.2) is 25.7 Å². The molecule has 0 aliphatic heterocycles. The molecular formula is C27H26BrClN6O. The molecule has 2 heterocycles. The number of halogens is 2. The van der Waals surface area contributed by atoms with Crippen molar-refractivity contribution in [1.82, 2.24) is 19.7 Å². The third-order valence-electron chi connectivity index (χ3n) is 6.51. The number of amides is 1. The van der Waals surface area contributed by atoms with E-state index in [-0.39, 0.29) is 5.91 Å². The minimum absolute atomic E-state index is 0.194.